The Morgan fingerprint density at radius 1 is 1.10 bits per heavy atom. The van der Waals surface area contributed by atoms with Crippen LogP contribution < -0.4 is 5.32 Å². The smallest absolute Gasteiger partial charge is 0.346 e. The summed E-state index contributed by atoms with van der Waals surface area (Å²) in [4.78, 5) is 23.6. The third-order valence-corrected chi connectivity index (χ3v) is 3.32. The van der Waals surface area contributed by atoms with Crippen LogP contribution in [0.3, 0.4) is 0 Å². The summed E-state index contributed by atoms with van der Waals surface area (Å²) in [6.45, 7) is 5.05. The summed E-state index contributed by atoms with van der Waals surface area (Å²) in [6.07, 6.45) is 0. The van der Waals surface area contributed by atoms with Crippen molar-refractivity contribution in [1.29, 1.82) is 0 Å². The van der Waals surface area contributed by atoms with Crippen molar-refractivity contribution in [2.24, 2.45) is 5.92 Å². The molecule has 2 aromatic carbocycles. The number of cyclic esters (lactones) is 2. The van der Waals surface area contributed by atoms with Crippen molar-refractivity contribution in [2.45, 2.75) is 13.8 Å². The van der Waals surface area contributed by atoms with Crippen LogP contribution in [-0.2, 0) is 4.74 Å². The minimum Gasteiger partial charge on any atom is -0.386 e. The molecule has 4 nitrogen and oxygen atoms in total. The standard InChI is InChI=1S/C16H15NO3/c1-9(2)8-17-11-6-10-4-3-5-12-14(10)13(7-11)16(19)20-15(12)18/h3-7,9,17H,8H2,1-2H3. The van der Waals surface area contributed by atoms with E-state index in [1.165, 1.54) is 0 Å². The molecule has 0 radical (unpaired) electrons. The van der Waals surface area contributed by atoms with Crippen LogP contribution in [0.15, 0.2) is 30.3 Å². The Hall–Kier alpha value is -2.36. The van der Waals surface area contributed by atoms with Crippen molar-refractivity contribution < 1.29 is 14.3 Å². The maximum atomic E-state index is 11.9. The fourth-order valence-corrected chi connectivity index (χ4v) is 2.38. The van der Waals surface area contributed by atoms with Gasteiger partial charge in [-0.3, -0.25) is 0 Å². The monoisotopic (exact) mass is 269 g/mol. The Labute approximate surface area is 116 Å². The number of esters is 2. The van der Waals surface area contributed by atoms with E-state index in [0.29, 0.717) is 22.4 Å². The van der Waals surface area contributed by atoms with Crippen molar-refractivity contribution >= 4 is 28.4 Å². The number of ether oxygens (including phenoxy) is 1. The minimum atomic E-state index is -0.577. The van der Waals surface area contributed by atoms with Crippen LogP contribution in [0.2, 0.25) is 0 Å². The normalized spacial score (nSPS) is 13.8. The zero-order chi connectivity index (χ0) is 14.3. The van der Waals surface area contributed by atoms with Gasteiger partial charge >= 0.3 is 11.9 Å². The third-order valence-electron chi connectivity index (χ3n) is 3.32. The predicted octanol–water partition coefficient (Wildman–Crippen LogP) is 3.22. The Morgan fingerprint density at radius 3 is 2.60 bits per heavy atom. The SMILES string of the molecule is CC(C)CNc1cc2c3c(cccc3c1)C(=O)OC2=O. The van der Waals surface area contributed by atoms with Gasteiger partial charge in [-0.2, -0.15) is 0 Å². The van der Waals surface area contributed by atoms with Gasteiger partial charge in [0.25, 0.3) is 0 Å². The summed E-state index contributed by atoms with van der Waals surface area (Å²) in [5, 5.41) is 4.85. The summed E-state index contributed by atoms with van der Waals surface area (Å²) in [5.41, 5.74) is 1.76. The average Bonchev–Trinajstić information content (AvgIpc) is 2.42. The van der Waals surface area contributed by atoms with E-state index in [2.05, 4.69) is 19.2 Å². The molecule has 1 aliphatic heterocycles. The molecule has 0 spiro atoms. The van der Waals surface area contributed by atoms with Gasteiger partial charge in [0.2, 0.25) is 0 Å². The first kappa shape index (κ1) is 12.7. The van der Waals surface area contributed by atoms with Crippen molar-refractivity contribution in [2.75, 3.05) is 11.9 Å². The fraction of sp³-hybridized carbons (Fsp3) is 0.250. The van der Waals surface area contributed by atoms with E-state index < -0.39 is 11.9 Å². The van der Waals surface area contributed by atoms with Gasteiger partial charge in [-0.15, -0.1) is 0 Å². The van der Waals surface area contributed by atoms with Gasteiger partial charge in [0.05, 0.1) is 11.1 Å². The predicted molar refractivity (Wildman–Crippen MR) is 77.0 cm³/mol. The first-order chi connectivity index (χ1) is 9.56. The minimum absolute atomic E-state index is 0.448. The summed E-state index contributed by atoms with van der Waals surface area (Å²) in [6, 6.07) is 9.08. The molecule has 0 atom stereocenters. The second-order valence-corrected chi connectivity index (χ2v) is 5.38. The average molecular weight is 269 g/mol. The molecule has 4 heteroatoms. The molecule has 2 aromatic rings. The summed E-state index contributed by atoms with van der Waals surface area (Å²) >= 11 is 0. The Balaban J connectivity index is 2.17. The molecule has 3 rings (SSSR count). The molecule has 0 saturated carbocycles. The number of anilines is 1. The van der Waals surface area contributed by atoms with E-state index in [1.807, 2.05) is 12.1 Å². The molecule has 0 saturated heterocycles. The Bertz CT molecular complexity index is 719. The van der Waals surface area contributed by atoms with Gasteiger partial charge in [-0.25, -0.2) is 9.59 Å². The zero-order valence-corrected chi connectivity index (χ0v) is 11.4. The van der Waals surface area contributed by atoms with Crippen LogP contribution >= 0.6 is 0 Å². The molecule has 0 aromatic heterocycles. The number of carbonyl (C=O) groups is 2. The summed E-state index contributed by atoms with van der Waals surface area (Å²) in [5.74, 6) is -0.648. The maximum Gasteiger partial charge on any atom is 0.346 e. The molecule has 1 heterocycles. The lowest BCUT2D eigenvalue weighted by Gasteiger charge is -2.17. The van der Waals surface area contributed by atoms with Crippen LogP contribution in [0.4, 0.5) is 5.69 Å². The highest BCUT2D eigenvalue weighted by Crippen LogP contribution is 2.31. The Kier molecular flexibility index (Phi) is 2.93. The van der Waals surface area contributed by atoms with Gasteiger partial charge < -0.3 is 10.1 Å². The van der Waals surface area contributed by atoms with Crippen molar-refractivity contribution in [3.8, 4) is 0 Å². The first-order valence-electron chi connectivity index (χ1n) is 6.63. The van der Waals surface area contributed by atoms with E-state index >= 15 is 0 Å². The van der Waals surface area contributed by atoms with E-state index in [-0.39, 0.29) is 0 Å². The largest absolute Gasteiger partial charge is 0.386 e. The number of hydrogen-bond donors (Lipinski definition) is 1. The lowest BCUT2D eigenvalue weighted by atomic mass is 9.96. The van der Waals surface area contributed by atoms with Gasteiger partial charge in [0, 0.05) is 17.6 Å². The van der Waals surface area contributed by atoms with Crippen molar-refractivity contribution in [1.82, 2.24) is 0 Å². The first-order valence-corrected chi connectivity index (χ1v) is 6.63. The van der Waals surface area contributed by atoms with Gasteiger partial charge in [0.15, 0.2) is 0 Å². The molecular formula is C16H15NO3. The molecule has 20 heavy (non-hydrogen) atoms. The molecule has 0 aliphatic carbocycles. The molecule has 102 valence electrons. The highest BCUT2D eigenvalue weighted by atomic mass is 16.6. The van der Waals surface area contributed by atoms with Gasteiger partial charge in [-0.1, -0.05) is 26.0 Å². The van der Waals surface area contributed by atoms with E-state index in [4.69, 9.17) is 4.74 Å². The highest BCUT2D eigenvalue weighted by Gasteiger charge is 2.27. The van der Waals surface area contributed by atoms with E-state index in [0.717, 1.165) is 17.6 Å². The molecule has 0 unspecified atom stereocenters. The van der Waals surface area contributed by atoms with Crippen LogP contribution in [0, 0.1) is 5.92 Å². The quantitative estimate of drug-likeness (QED) is 0.686. The van der Waals surface area contributed by atoms with Crippen LogP contribution in [0.1, 0.15) is 34.6 Å². The maximum absolute atomic E-state index is 11.9. The number of benzene rings is 2. The number of carbonyl (C=O) groups excluding carboxylic acids is 2. The third kappa shape index (κ3) is 2.03. The van der Waals surface area contributed by atoms with Gasteiger partial charge in [0.1, 0.15) is 0 Å². The molecule has 1 N–H and O–H groups in total. The van der Waals surface area contributed by atoms with Gasteiger partial charge in [-0.05, 0) is 29.5 Å². The fourth-order valence-electron chi connectivity index (χ4n) is 2.38. The molecule has 0 fully saturated rings. The summed E-state index contributed by atoms with van der Waals surface area (Å²) in [7, 11) is 0. The topological polar surface area (TPSA) is 55.4 Å². The lowest BCUT2D eigenvalue weighted by Crippen LogP contribution is -2.20. The van der Waals surface area contributed by atoms with Crippen molar-refractivity contribution in [3.05, 3.63) is 41.5 Å². The van der Waals surface area contributed by atoms with Crippen LogP contribution in [-0.4, -0.2) is 18.5 Å². The van der Waals surface area contributed by atoms with Crippen LogP contribution in [0.25, 0.3) is 10.8 Å². The second-order valence-electron chi connectivity index (χ2n) is 5.38. The van der Waals surface area contributed by atoms with E-state index in [9.17, 15) is 9.59 Å². The number of nitrogens with one attached hydrogen (secondary N) is 1. The molecule has 0 amide bonds. The van der Waals surface area contributed by atoms with Crippen molar-refractivity contribution in [3.63, 3.8) is 0 Å². The molecule has 1 aliphatic rings. The number of rotatable bonds is 3. The second kappa shape index (κ2) is 4.63. The number of hydrogen-bond acceptors (Lipinski definition) is 4. The van der Waals surface area contributed by atoms with E-state index in [1.54, 1.807) is 18.2 Å². The zero-order valence-electron chi connectivity index (χ0n) is 11.4. The lowest BCUT2D eigenvalue weighted by molar-refractivity contribution is 0.0391. The Morgan fingerprint density at radius 2 is 1.85 bits per heavy atom. The molecular weight excluding hydrogens is 254 g/mol. The van der Waals surface area contributed by atoms with Crippen LogP contribution in [0.5, 0.6) is 0 Å². The summed E-state index contributed by atoms with van der Waals surface area (Å²) < 4.78 is 4.78. The highest BCUT2D eigenvalue weighted by molar-refractivity contribution is 6.21. The molecule has 0 bridgehead atoms.